The molecule has 3 heterocycles. The van der Waals surface area contributed by atoms with Crippen molar-refractivity contribution < 1.29 is 19.1 Å². The molecule has 0 N–H and O–H groups in total. The average molecular weight is 341 g/mol. The minimum atomic E-state index is -0.651. The second-order valence-corrected chi connectivity index (χ2v) is 7.22. The summed E-state index contributed by atoms with van der Waals surface area (Å²) in [5, 5.41) is 0. The van der Waals surface area contributed by atoms with Crippen LogP contribution in [0.2, 0.25) is 0 Å². The number of esters is 1. The Morgan fingerprint density at radius 2 is 2.16 bits per heavy atom. The summed E-state index contributed by atoms with van der Waals surface area (Å²) in [4.78, 5) is 27.6. The Morgan fingerprint density at radius 1 is 1.40 bits per heavy atom. The Balaban J connectivity index is 1.52. The third-order valence-electron chi connectivity index (χ3n) is 5.75. The fourth-order valence-corrected chi connectivity index (χ4v) is 4.22. The molecule has 25 heavy (non-hydrogen) atoms. The van der Waals surface area contributed by atoms with Gasteiger partial charge in [-0.15, -0.1) is 0 Å². The summed E-state index contributed by atoms with van der Waals surface area (Å²) in [5.41, 5.74) is 0.283. The number of fused-ring (bicyclic) bond motifs is 1. The number of nitrogens with zero attached hydrogens (tertiary/aromatic N) is 1. The van der Waals surface area contributed by atoms with Gasteiger partial charge in [0.2, 0.25) is 5.91 Å². The van der Waals surface area contributed by atoms with E-state index < -0.39 is 17.4 Å². The summed E-state index contributed by atoms with van der Waals surface area (Å²) < 4.78 is 11.6. The molecule has 2 bridgehead atoms. The number of ether oxygens (including phenoxy) is 2. The molecule has 2 fully saturated rings. The van der Waals surface area contributed by atoms with Gasteiger partial charge >= 0.3 is 5.97 Å². The van der Waals surface area contributed by atoms with Gasteiger partial charge in [0.1, 0.15) is 18.1 Å². The molecule has 1 amide bonds. The maximum Gasteiger partial charge on any atom is 0.313 e. The molecule has 3 aliphatic heterocycles. The van der Waals surface area contributed by atoms with Crippen molar-refractivity contribution >= 4 is 11.9 Å². The van der Waals surface area contributed by atoms with Gasteiger partial charge in [-0.1, -0.05) is 49.4 Å². The predicted molar refractivity (Wildman–Crippen MR) is 91.4 cm³/mol. The van der Waals surface area contributed by atoms with Crippen molar-refractivity contribution in [1.82, 2.24) is 4.90 Å². The lowest BCUT2D eigenvalue weighted by molar-refractivity contribution is -0.155. The van der Waals surface area contributed by atoms with Crippen LogP contribution in [0.3, 0.4) is 0 Å². The lowest BCUT2D eigenvalue weighted by atomic mass is 9.77. The van der Waals surface area contributed by atoms with Gasteiger partial charge in [-0.2, -0.15) is 0 Å². The highest BCUT2D eigenvalue weighted by atomic mass is 16.6. The molecule has 1 aromatic carbocycles. The Bertz CT molecular complexity index is 716. The normalized spacial score (nSPS) is 33.6. The topological polar surface area (TPSA) is 55.8 Å². The van der Waals surface area contributed by atoms with Crippen molar-refractivity contribution in [2.24, 2.45) is 11.8 Å². The van der Waals surface area contributed by atoms with Crippen LogP contribution in [-0.4, -0.2) is 41.1 Å². The summed E-state index contributed by atoms with van der Waals surface area (Å²) in [6, 6.07) is 9.71. The first-order valence-corrected chi connectivity index (χ1v) is 8.94. The van der Waals surface area contributed by atoms with Gasteiger partial charge < -0.3 is 14.4 Å². The number of rotatable bonds is 5. The highest BCUT2D eigenvalue weighted by Gasteiger charge is 2.67. The highest BCUT2D eigenvalue weighted by Crippen LogP contribution is 2.52. The fourth-order valence-electron chi connectivity index (χ4n) is 4.22. The molecule has 0 aliphatic carbocycles. The van der Waals surface area contributed by atoms with E-state index in [0.29, 0.717) is 6.54 Å². The van der Waals surface area contributed by atoms with E-state index in [-0.39, 0.29) is 30.6 Å². The third-order valence-corrected chi connectivity index (χ3v) is 5.75. The number of carbonyl (C=O) groups excluding carboxylic acids is 2. The largest absolute Gasteiger partial charge is 0.460 e. The van der Waals surface area contributed by atoms with Crippen LogP contribution >= 0.6 is 0 Å². The zero-order valence-electron chi connectivity index (χ0n) is 14.6. The van der Waals surface area contributed by atoms with Crippen molar-refractivity contribution in [3.8, 4) is 0 Å². The quantitative estimate of drug-likeness (QED) is 0.609. The van der Waals surface area contributed by atoms with E-state index in [2.05, 4.69) is 6.92 Å². The lowest BCUT2D eigenvalue weighted by Crippen LogP contribution is -2.41. The van der Waals surface area contributed by atoms with Crippen LogP contribution in [0.5, 0.6) is 0 Å². The minimum Gasteiger partial charge on any atom is -0.460 e. The molecule has 2 unspecified atom stereocenters. The molecule has 0 radical (unpaired) electrons. The molecule has 132 valence electrons. The van der Waals surface area contributed by atoms with Crippen molar-refractivity contribution in [1.29, 1.82) is 0 Å². The maximum atomic E-state index is 13.0. The van der Waals surface area contributed by atoms with E-state index >= 15 is 0 Å². The Kier molecular flexibility index (Phi) is 3.91. The molecule has 1 spiro atoms. The van der Waals surface area contributed by atoms with Crippen LogP contribution in [-0.2, 0) is 25.7 Å². The number of benzene rings is 1. The van der Waals surface area contributed by atoms with E-state index in [1.807, 2.05) is 54.3 Å². The first kappa shape index (κ1) is 16.3. The molecule has 0 aromatic heterocycles. The van der Waals surface area contributed by atoms with Crippen LogP contribution in [0.4, 0.5) is 0 Å². The predicted octanol–water partition coefficient (Wildman–Crippen LogP) is 2.31. The number of amides is 1. The van der Waals surface area contributed by atoms with Crippen LogP contribution in [0.15, 0.2) is 42.5 Å². The van der Waals surface area contributed by atoms with Gasteiger partial charge in [0.15, 0.2) is 0 Å². The average Bonchev–Trinajstić information content (AvgIpc) is 3.28. The van der Waals surface area contributed by atoms with Gasteiger partial charge in [-0.3, -0.25) is 9.59 Å². The van der Waals surface area contributed by atoms with Gasteiger partial charge in [0, 0.05) is 6.04 Å². The van der Waals surface area contributed by atoms with Crippen molar-refractivity contribution in [2.45, 2.75) is 44.6 Å². The van der Waals surface area contributed by atoms with Gasteiger partial charge in [0.05, 0.1) is 18.6 Å². The highest BCUT2D eigenvalue weighted by molar-refractivity contribution is 5.91. The van der Waals surface area contributed by atoms with E-state index in [9.17, 15) is 9.59 Å². The monoisotopic (exact) mass is 341 g/mol. The number of likely N-dealkylation sites (tertiary alicyclic amines) is 1. The zero-order chi connectivity index (χ0) is 17.6. The molecule has 0 saturated carbocycles. The van der Waals surface area contributed by atoms with Crippen molar-refractivity contribution in [3.05, 3.63) is 48.0 Å². The number of hydrogen-bond donors (Lipinski definition) is 0. The summed E-state index contributed by atoms with van der Waals surface area (Å²) in [7, 11) is 0. The first-order valence-electron chi connectivity index (χ1n) is 8.94. The third kappa shape index (κ3) is 2.49. The Morgan fingerprint density at radius 3 is 2.88 bits per heavy atom. The zero-order valence-corrected chi connectivity index (χ0v) is 14.6. The minimum absolute atomic E-state index is 0.0165. The van der Waals surface area contributed by atoms with E-state index in [0.717, 1.165) is 12.0 Å². The number of hydrogen-bond acceptors (Lipinski definition) is 4. The van der Waals surface area contributed by atoms with Crippen LogP contribution < -0.4 is 0 Å². The molecule has 5 heteroatoms. The van der Waals surface area contributed by atoms with Crippen LogP contribution in [0.1, 0.15) is 25.8 Å². The molecular weight excluding hydrogens is 318 g/mol. The second-order valence-electron chi connectivity index (χ2n) is 7.22. The first-order chi connectivity index (χ1) is 12.1. The molecule has 3 aliphatic rings. The van der Waals surface area contributed by atoms with E-state index in [1.165, 1.54) is 0 Å². The molecule has 2 saturated heterocycles. The molecule has 5 nitrogen and oxygen atoms in total. The molecular formula is C20H23NO4. The lowest BCUT2D eigenvalue weighted by Gasteiger charge is -2.26. The smallest absolute Gasteiger partial charge is 0.313 e. The van der Waals surface area contributed by atoms with Crippen LogP contribution in [0, 0.1) is 11.8 Å². The summed E-state index contributed by atoms with van der Waals surface area (Å²) in [5.74, 6) is -1.33. The van der Waals surface area contributed by atoms with Crippen molar-refractivity contribution in [3.63, 3.8) is 0 Å². The van der Waals surface area contributed by atoms with Gasteiger partial charge in [0.25, 0.3) is 0 Å². The molecule has 1 aromatic rings. The molecule has 5 atom stereocenters. The second kappa shape index (κ2) is 5.99. The van der Waals surface area contributed by atoms with E-state index in [4.69, 9.17) is 9.47 Å². The summed E-state index contributed by atoms with van der Waals surface area (Å²) in [6.07, 6.45) is 4.42. The number of carbonyl (C=O) groups is 2. The Labute approximate surface area is 147 Å². The summed E-state index contributed by atoms with van der Waals surface area (Å²) >= 11 is 0. The molecule has 4 rings (SSSR count). The van der Waals surface area contributed by atoms with Crippen molar-refractivity contribution in [2.75, 3.05) is 6.54 Å². The summed E-state index contributed by atoms with van der Waals surface area (Å²) in [6.45, 7) is 4.84. The standard InChI is InChI=1S/C20H23NO4/c1-3-13(2)21-12-20-10-9-15(25-20)16(17(20)18(21)22)19(23)24-11-14-7-5-4-6-8-14/h4-10,13,15-17H,3,11-12H2,1-2H3/t13?,15-,16?,17-,20+/m0/s1. The van der Waals surface area contributed by atoms with Gasteiger partial charge in [-0.25, -0.2) is 0 Å². The van der Waals surface area contributed by atoms with E-state index in [1.54, 1.807) is 0 Å². The van der Waals surface area contributed by atoms with Crippen LogP contribution in [0.25, 0.3) is 0 Å². The Hall–Kier alpha value is -2.14. The fraction of sp³-hybridized carbons (Fsp3) is 0.500. The van der Waals surface area contributed by atoms with Gasteiger partial charge in [-0.05, 0) is 18.9 Å². The maximum absolute atomic E-state index is 13.0. The SMILES string of the molecule is CCC(C)N1C[C@@]23C=C[C@H](O2)C(C(=O)OCc2ccccc2)[C@H]3C1=O.